The van der Waals surface area contributed by atoms with Crippen molar-refractivity contribution in [2.24, 2.45) is 5.92 Å². The SMILES string of the molecule is Cc1cc(C)cc(N2C(=S)N[C@H]3[C@@H](O)[C@H](O)C[C@@H](C(=O)NCc4cccnc4)[C@H]32)c1. The molecule has 0 radical (unpaired) electrons. The van der Waals surface area contributed by atoms with Gasteiger partial charge in [0.05, 0.1) is 24.1 Å². The minimum Gasteiger partial charge on any atom is -0.390 e. The highest BCUT2D eigenvalue weighted by atomic mass is 32.1. The van der Waals surface area contributed by atoms with Crippen molar-refractivity contribution in [2.45, 2.75) is 51.1 Å². The Labute approximate surface area is 181 Å². The van der Waals surface area contributed by atoms with E-state index < -0.39 is 30.2 Å². The molecule has 1 saturated heterocycles. The summed E-state index contributed by atoms with van der Waals surface area (Å²) in [6, 6.07) is 8.90. The van der Waals surface area contributed by atoms with Gasteiger partial charge in [0.2, 0.25) is 5.91 Å². The first-order chi connectivity index (χ1) is 14.3. The fourth-order valence-corrected chi connectivity index (χ4v) is 4.92. The third-order valence-corrected chi connectivity index (χ3v) is 6.17. The number of carbonyl (C=O) groups excluding carboxylic acids is 1. The lowest BCUT2D eigenvalue weighted by Crippen LogP contribution is -2.60. The number of pyridine rings is 1. The third-order valence-electron chi connectivity index (χ3n) is 5.86. The molecule has 158 valence electrons. The van der Waals surface area contributed by atoms with E-state index in [4.69, 9.17) is 12.2 Å². The number of rotatable bonds is 4. The maximum absolute atomic E-state index is 13.2. The Hall–Kier alpha value is -2.55. The minimum atomic E-state index is -1.01. The predicted molar refractivity (Wildman–Crippen MR) is 118 cm³/mol. The highest BCUT2D eigenvalue weighted by molar-refractivity contribution is 7.80. The molecule has 0 bridgehead atoms. The van der Waals surface area contributed by atoms with Gasteiger partial charge in [0.15, 0.2) is 5.11 Å². The molecule has 1 aliphatic carbocycles. The number of hydrogen-bond donors (Lipinski definition) is 4. The van der Waals surface area contributed by atoms with E-state index in [-0.39, 0.29) is 12.3 Å². The molecule has 7 nitrogen and oxygen atoms in total. The molecule has 2 aliphatic rings. The lowest BCUT2D eigenvalue weighted by molar-refractivity contribution is -0.131. The maximum Gasteiger partial charge on any atom is 0.225 e. The van der Waals surface area contributed by atoms with Crippen LogP contribution in [0.2, 0.25) is 0 Å². The van der Waals surface area contributed by atoms with Crippen LogP contribution in [0.25, 0.3) is 0 Å². The number of benzene rings is 1. The van der Waals surface area contributed by atoms with Gasteiger partial charge in [-0.15, -0.1) is 0 Å². The molecule has 30 heavy (non-hydrogen) atoms. The Morgan fingerprint density at radius 3 is 2.70 bits per heavy atom. The van der Waals surface area contributed by atoms with Crippen LogP contribution in [0.4, 0.5) is 5.69 Å². The standard InChI is InChI=1S/C22H26N4O3S/c1-12-6-13(2)8-15(7-12)26-19-16(9-17(27)20(28)18(19)25-22(26)30)21(29)24-11-14-4-3-5-23-10-14/h3-8,10,16-20,27-28H,9,11H2,1-2H3,(H,24,29)(H,25,30)/t16-,17-,18-,19-,20+/m1/s1. The van der Waals surface area contributed by atoms with Crippen molar-refractivity contribution in [1.82, 2.24) is 15.6 Å². The summed E-state index contributed by atoms with van der Waals surface area (Å²) in [5.74, 6) is -0.723. The van der Waals surface area contributed by atoms with E-state index in [1.165, 1.54) is 0 Å². The molecule has 1 aromatic carbocycles. The summed E-state index contributed by atoms with van der Waals surface area (Å²) in [6.07, 6.45) is 1.53. The van der Waals surface area contributed by atoms with Gasteiger partial charge in [-0.05, 0) is 67.4 Å². The Kier molecular flexibility index (Phi) is 5.73. The lowest BCUT2D eigenvalue weighted by atomic mass is 9.77. The fourth-order valence-electron chi connectivity index (χ4n) is 4.55. The number of aliphatic hydroxyl groups excluding tert-OH is 2. The van der Waals surface area contributed by atoms with Gasteiger partial charge in [-0.2, -0.15) is 0 Å². The molecule has 2 heterocycles. The summed E-state index contributed by atoms with van der Waals surface area (Å²) in [5.41, 5.74) is 3.95. The highest BCUT2D eigenvalue weighted by Gasteiger charge is 2.53. The summed E-state index contributed by atoms with van der Waals surface area (Å²) in [4.78, 5) is 19.2. The molecule has 4 N–H and O–H groups in total. The molecule has 0 spiro atoms. The van der Waals surface area contributed by atoms with Crippen LogP contribution in [-0.2, 0) is 11.3 Å². The van der Waals surface area contributed by atoms with Crippen molar-refractivity contribution in [2.75, 3.05) is 4.90 Å². The molecule has 5 atom stereocenters. The van der Waals surface area contributed by atoms with Crippen molar-refractivity contribution >= 4 is 28.9 Å². The summed E-state index contributed by atoms with van der Waals surface area (Å²) >= 11 is 5.58. The molecule has 2 fully saturated rings. The molecule has 2 aromatic rings. The topological polar surface area (TPSA) is 97.7 Å². The van der Waals surface area contributed by atoms with Gasteiger partial charge >= 0.3 is 0 Å². The molecule has 1 amide bonds. The van der Waals surface area contributed by atoms with Crippen LogP contribution in [0.3, 0.4) is 0 Å². The second-order valence-corrected chi connectivity index (χ2v) is 8.55. The fraction of sp³-hybridized carbons (Fsp3) is 0.409. The molecule has 1 aliphatic heterocycles. The second kappa shape index (κ2) is 8.29. The number of nitrogens with one attached hydrogen (secondary N) is 2. The van der Waals surface area contributed by atoms with Gasteiger partial charge < -0.3 is 25.7 Å². The maximum atomic E-state index is 13.2. The molecule has 8 heteroatoms. The number of anilines is 1. The average Bonchev–Trinajstić information content (AvgIpc) is 3.06. The van der Waals surface area contributed by atoms with Gasteiger partial charge in [-0.3, -0.25) is 9.78 Å². The largest absolute Gasteiger partial charge is 0.390 e. The van der Waals surface area contributed by atoms with Gasteiger partial charge in [0, 0.05) is 24.6 Å². The van der Waals surface area contributed by atoms with Gasteiger partial charge in [-0.1, -0.05) is 12.1 Å². The number of amides is 1. The molecule has 0 unspecified atom stereocenters. The van der Waals surface area contributed by atoms with Gasteiger partial charge in [0.25, 0.3) is 0 Å². The molecule has 4 rings (SSSR count). The number of fused-ring (bicyclic) bond motifs is 1. The third kappa shape index (κ3) is 3.90. The van der Waals surface area contributed by atoms with Crippen LogP contribution in [0.15, 0.2) is 42.7 Å². The summed E-state index contributed by atoms with van der Waals surface area (Å²) in [7, 11) is 0. The number of nitrogens with zero attached hydrogens (tertiary/aromatic N) is 2. The Bertz CT molecular complexity index is 934. The van der Waals surface area contributed by atoms with E-state index in [0.717, 1.165) is 22.4 Å². The quantitative estimate of drug-likeness (QED) is 0.545. The Morgan fingerprint density at radius 2 is 2.03 bits per heavy atom. The zero-order chi connectivity index (χ0) is 21.4. The van der Waals surface area contributed by atoms with Crippen molar-refractivity contribution in [1.29, 1.82) is 0 Å². The number of thiocarbonyl (C=S) groups is 1. The Morgan fingerprint density at radius 1 is 1.30 bits per heavy atom. The van der Waals surface area contributed by atoms with E-state index in [9.17, 15) is 15.0 Å². The van der Waals surface area contributed by atoms with Crippen molar-refractivity contribution in [3.63, 3.8) is 0 Å². The minimum absolute atomic E-state index is 0.160. The lowest BCUT2D eigenvalue weighted by Gasteiger charge is -2.41. The highest BCUT2D eigenvalue weighted by Crippen LogP contribution is 2.37. The second-order valence-electron chi connectivity index (χ2n) is 8.16. The van der Waals surface area contributed by atoms with Crippen LogP contribution in [0, 0.1) is 19.8 Å². The van der Waals surface area contributed by atoms with Crippen LogP contribution in [0.1, 0.15) is 23.1 Å². The van der Waals surface area contributed by atoms with E-state index in [2.05, 4.69) is 21.7 Å². The van der Waals surface area contributed by atoms with Crippen LogP contribution >= 0.6 is 12.2 Å². The summed E-state index contributed by atoms with van der Waals surface area (Å²) in [6.45, 7) is 4.37. The van der Waals surface area contributed by atoms with Crippen molar-refractivity contribution < 1.29 is 15.0 Å². The molecule has 1 aromatic heterocycles. The number of aliphatic hydroxyl groups is 2. The van der Waals surface area contributed by atoms with E-state index >= 15 is 0 Å². The normalized spacial score (nSPS) is 28.1. The van der Waals surface area contributed by atoms with Gasteiger partial charge in [-0.25, -0.2) is 0 Å². The molecular formula is C22H26N4O3S. The molecule has 1 saturated carbocycles. The van der Waals surface area contributed by atoms with E-state index in [0.29, 0.717) is 11.7 Å². The first kappa shape index (κ1) is 20.7. The first-order valence-corrected chi connectivity index (χ1v) is 10.5. The Balaban J connectivity index is 1.63. The number of aromatic nitrogens is 1. The zero-order valence-electron chi connectivity index (χ0n) is 16.9. The zero-order valence-corrected chi connectivity index (χ0v) is 17.8. The van der Waals surface area contributed by atoms with Crippen molar-refractivity contribution in [3.05, 3.63) is 59.4 Å². The smallest absolute Gasteiger partial charge is 0.225 e. The predicted octanol–water partition coefficient (Wildman–Crippen LogP) is 1.19. The number of carbonyl (C=O) groups is 1. The van der Waals surface area contributed by atoms with Crippen LogP contribution in [-0.4, -0.2) is 50.5 Å². The van der Waals surface area contributed by atoms with Crippen LogP contribution in [0.5, 0.6) is 0 Å². The monoisotopic (exact) mass is 426 g/mol. The van der Waals surface area contributed by atoms with E-state index in [1.807, 2.05) is 43.0 Å². The van der Waals surface area contributed by atoms with Gasteiger partial charge in [0.1, 0.15) is 6.10 Å². The molecular weight excluding hydrogens is 400 g/mol. The number of hydrogen-bond acceptors (Lipinski definition) is 5. The van der Waals surface area contributed by atoms with E-state index in [1.54, 1.807) is 12.4 Å². The average molecular weight is 427 g/mol. The van der Waals surface area contributed by atoms with Crippen molar-refractivity contribution in [3.8, 4) is 0 Å². The summed E-state index contributed by atoms with van der Waals surface area (Å²) in [5, 5.41) is 27.6. The number of aryl methyl sites for hydroxylation is 2. The first-order valence-electron chi connectivity index (χ1n) is 10.1. The summed E-state index contributed by atoms with van der Waals surface area (Å²) < 4.78 is 0. The van der Waals surface area contributed by atoms with Crippen LogP contribution < -0.4 is 15.5 Å².